The summed E-state index contributed by atoms with van der Waals surface area (Å²) >= 11 is 0. The molecule has 3 saturated heterocycles. The Kier molecular flexibility index (Phi) is 11.3. The number of aromatic nitrogens is 4. The van der Waals surface area contributed by atoms with E-state index in [9.17, 15) is 24.3 Å². The summed E-state index contributed by atoms with van der Waals surface area (Å²) in [4.78, 5) is 72.4. The minimum atomic E-state index is -1.19. The number of amides is 4. The van der Waals surface area contributed by atoms with E-state index >= 15 is 0 Å². The summed E-state index contributed by atoms with van der Waals surface area (Å²) in [5, 5.41) is 17.1. The van der Waals surface area contributed by atoms with Gasteiger partial charge in [-0.1, -0.05) is 78.9 Å². The Bertz CT molecular complexity index is 2720. The summed E-state index contributed by atoms with van der Waals surface area (Å²) in [7, 11) is 1.28. The number of aromatic amines is 2. The lowest BCUT2D eigenvalue weighted by Crippen LogP contribution is -2.53. The average Bonchev–Trinajstić information content (AvgIpc) is 3.88. The molecule has 4 amide bonds. The molecule has 4 atom stereocenters. The van der Waals surface area contributed by atoms with Gasteiger partial charge in [0.15, 0.2) is 0 Å². The molecule has 1 aliphatic carbocycles. The van der Waals surface area contributed by atoms with Gasteiger partial charge in [-0.15, -0.1) is 0 Å². The van der Waals surface area contributed by atoms with Crippen LogP contribution in [-0.4, -0.2) is 98.3 Å². The number of alkyl carbamates (subject to hydrolysis) is 1. The number of nitrogens with one attached hydrogen (secondary N) is 4. The molecular weight excluding hydrogens is 825 g/mol. The van der Waals surface area contributed by atoms with Crippen LogP contribution >= 0.6 is 0 Å². The van der Waals surface area contributed by atoms with Crippen molar-refractivity contribution >= 4 is 34.8 Å². The fraction of sp³-hybridized carbons (Fsp3) is 0.360. The number of carboxylic acid groups (broad SMARTS) is 1. The molecule has 15 heteroatoms. The standard InChI is InChI=1S/C50H52N8O7/c1-64-49(63)56-43(32-6-3-2-4-7-32)46(59)57-21-5-8-40(57)44-51-28-39(54-44)37-16-15-35-24-34(13-14-36(35)25-37)30-9-11-31(12-10-30)38-27-52-45(53-38)41-26-50(19-20-50)29-58(41)47(60)42(55-48(61)62)33-17-22-65-23-18-33/h2-4,6-7,9-16,24-25,27-28,33,40-43,55H,5,8,17-23,26,29H2,1H3,(H,51,54)(H,52,53)(H,56,63)(H,61,62). The van der Waals surface area contributed by atoms with Crippen molar-refractivity contribution in [1.29, 1.82) is 0 Å². The Hall–Kier alpha value is -7.00. The lowest BCUT2D eigenvalue weighted by molar-refractivity contribution is -0.137. The van der Waals surface area contributed by atoms with Gasteiger partial charge in [0.05, 0.1) is 43.0 Å². The van der Waals surface area contributed by atoms with Gasteiger partial charge in [-0.25, -0.2) is 19.6 Å². The molecule has 4 aliphatic rings. The predicted molar refractivity (Wildman–Crippen MR) is 242 cm³/mol. The second kappa shape index (κ2) is 17.5. The van der Waals surface area contributed by atoms with E-state index in [2.05, 4.69) is 81.3 Å². The number of H-pyrrole nitrogens is 2. The van der Waals surface area contributed by atoms with Crippen molar-refractivity contribution in [1.82, 2.24) is 40.4 Å². The van der Waals surface area contributed by atoms with E-state index in [1.54, 1.807) is 4.90 Å². The normalized spacial score (nSPS) is 20.1. The summed E-state index contributed by atoms with van der Waals surface area (Å²) in [6.45, 7) is 2.20. The number of hydrogen-bond donors (Lipinski definition) is 5. The highest BCUT2D eigenvalue weighted by Crippen LogP contribution is 2.58. The third-order valence-electron chi connectivity index (χ3n) is 13.9. The van der Waals surface area contributed by atoms with Crippen molar-refractivity contribution in [2.45, 2.75) is 69.1 Å². The fourth-order valence-electron chi connectivity index (χ4n) is 10.1. The van der Waals surface area contributed by atoms with E-state index < -0.39 is 24.3 Å². The topological polar surface area (TPSA) is 195 Å². The molecular formula is C50H52N8O7. The maximum atomic E-state index is 14.1. The van der Waals surface area contributed by atoms with Crippen LogP contribution in [0.3, 0.4) is 0 Å². The first-order valence-corrected chi connectivity index (χ1v) is 22.5. The van der Waals surface area contributed by atoms with Crippen LogP contribution in [0, 0.1) is 11.3 Å². The first kappa shape index (κ1) is 42.0. The van der Waals surface area contributed by atoms with Crippen molar-refractivity contribution in [3.8, 4) is 33.6 Å². The van der Waals surface area contributed by atoms with Crippen LogP contribution in [0.5, 0.6) is 0 Å². The SMILES string of the molecule is COC(=O)NC(C(=O)N1CCCC1c1ncc(-c2ccc3cc(-c4ccc(-c5cnc(C6CC7(CC7)CN6C(=O)C(NC(=O)O)C6CCOCC6)[nH]5)cc4)ccc3c2)[nH]1)c1ccccc1. The highest BCUT2D eigenvalue weighted by molar-refractivity contribution is 5.91. The minimum absolute atomic E-state index is 0.0735. The van der Waals surface area contributed by atoms with Crippen molar-refractivity contribution in [3.63, 3.8) is 0 Å². The van der Waals surface area contributed by atoms with E-state index in [1.165, 1.54) is 7.11 Å². The van der Waals surface area contributed by atoms with Crippen LogP contribution in [-0.2, 0) is 19.1 Å². The monoisotopic (exact) mass is 876 g/mol. The number of ether oxygens (including phenoxy) is 2. The molecule has 2 aromatic heterocycles. The molecule has 65 heavy (non-hydrogen) atoms. The molecule has 5 heterocycles. The van der Waals surface area contributed by atoms with Gasteiger partial charge in [-0.3, -0.25) is 9.59 Å². The van der Waals surface area contributed by atoms with Crippen LogP contribution in [0.1, 0.15) is 80.3 Å². The van der Waals surface area contributed by atoms with Crippen molar-refractivity contribution < 1.29 is 33.8 Å². The first-order chi connectivity index (χ1) is 31.6. The van der Waals surface area contributed by atoms with E-state index in [-0.39, 0.29) is 35.2 Å². The van der Waals surface area contributed by atoms with Crippen LogP contribution in [0.4, 0.5) is 9.59 Å². The lowest BCUT2D eigenvalue weighted by atomic mass is 9.90. The third-order valence-corrected chi connectivity index (χ3v) is 13.9. The smallest absolute Gasteiger partial charge is 0.407 e. The van der Waals surface area contributed by atoms with Gasteiger partial charge in [-0.05, 0) is 101 Å². The molecule has 6 aromatic rings. The largest absolute Gasteiger partial charge is 0.465 e. The Morgan fingerprint density at radius 3 is 2.06 bits per heavy atom. The quantitative estimate of drug-likeness (QED) is 0.0854. The van der Waals surface area contributed by atoms with E-state index in [4.69, 9.17) is 19.4 Å². The average molecular weight is 877 g/mol. The van der Waals surface area contributed by atoms with Crippen molar-refractivity contribution in [3.05, 3.63) is 121 Å². The number of fused-ring (bicyclic) bond motifs is 1. The fourth-order valence-corrected chi connectivity index (χ4v) is 10.1. The summed E-state index contributed by atoms with van der Waals surface area (Å²) in [6, 6.07) is 28.0. The number of methoxy groups -OCH3 is 1. The molecule has 0 radical (unpaired) electrons. The summed E-state index contributed by atoms with van der Waals surface area (Å²) in [5.74, 6) is 0.923. The highest BCUT2D eigenvalue weighted by Gasteiger charge is 2.55. The predicted octanol–water partition coefficient (Wildman–Crippen LogP) is 8.16. The lowest BCUT2D eigenvalue weighted by Gasteiger charge is -2.34. The maximum absolute atomic E-state index is 14.1. The molecule has 5 N–H and O–H groups in total. The van der Waals surface area contributed by atoms with E-state index in [0.717, 1.165) is 82.3 Å². The molecule has 1 spiro atoms. The number of benzene rings is 4. The van der Waals surface area contributed by atoms with Gasteiger partial charge in [-0.2, -0.15) is 0 Å². The summed E-state index contributed by atoms with van der Waals surface area (Å²) in [6.07, 6.45) is 7.53. The van der Waals surface area contributed by atoms with Gasteiger partial charge in [0.2, 0.25) is 5.91 Å². The third kappa shape index (κ3) is 8.55. The summed E-state index contributed by atoms with van der Waals surface area (Å²) in [5.41, 5.74) is 6.55. The molecule has 0 bridgehead atoms. The Morgan fingerprint density at radius 1 is 0.754 bits per heavy atom. The number of carbonyl (C=O) groups is 4. The van der Waals surface area contributed by atoms with Gasteiger partial charge in [0.1, 0.15) is 23.7 Å². The molecule has 3 aliphatic heterocycles. The highest BCUT2D eigenvalue weighted by atomic mass is 16.5. The number of imidazole rings is 2. The molecule has 1 saturated carbocycles. The number of nitrogens with zero attached hydrogens (tertiary/aromatic N) is 4. The van der Waals surface area contributed by atoms with Gasteiger partial charge >= 0.3 is 12.2 Å². The maximum Gasteiger partial charge on any atom is 0.407 e. The van der Waals surface area contributed by atoms with Gasteiger partial charge in [0.25, 0.3) is 5.91 Å². The van der Waals surface area contributed by atoms with Crippen molar-refractivity contribution in [2.75, 3.05) is 33.4 Å². The molecule has 4 fully saturated rings. The molecule has 4 unspecified atom stereocenters. The zero-order valence-electron chi connectivity index (χ0n) is 36.2. The number of carbonyl (C=O) groups excluding carboxylic acids is 3. The van der Waals surface area contributed by atoms with Gasteiger partial charge < -0.3 is 45.0 Å². The number of likely N-dealkylation sites (tertiary alicyclic amines) is 2. The van der Waals surface area contributed by atoms with Gasteiger partial charge in [0, 0.05) is 31.9 Å². The second-order valence-electron chi connectivity index (χ2n) is 18.0. The van der Waals surface area contributed by atoms with Crippen molar-refractivity contribution in [2.24, 2.45) is 11.3 Å². The zero-order chi connectivity index (χ0) is 44.7. The molecule has 4 aromatic carbocycles. The number of rotatable bonds is 11. The second-order valence-corrected chi connectivity index (χ2v) is 18.0. The van der Waals surface area contributed by atoms with E-state index in [0.29, 0.717) is 50.5 Å². The molecule has 10 rings (SSSR count). The van der Waals surface area contributed by atoms with Crippen LogP contribution < -0.4 is 10.6 Å². The van der Waals surface area contributed by atoms with Crippen LogP contribution in [0.15, 0.2) is 103 Å². The van der Waals surface area contributed by atoms with Crippen LogP contribution in [0.25, 0.3) is 44.4 Å². The Morgan fingerprint density at radius 2 is 1.38 bits per heavy atom. The zero-order valence-corrected chi connectivity index (χ0v) is 36.2. The van der Waals surface area contributed by atoms with Crippen LogP contribution in [0.2, 0.25) is 0 Å². The van der Waals surface area contributed by atoms with E-state index in [1.807, 2.05) is 47.6 Å². The Labute approximate surface area is 375 Å². The molecule has 334 valence electrons. The summed E-state index contributed by atoms with van der Waals surface area (Å²) < 4.78 is 10.4. The first-order valence-electron chi connectivity index (χ1n) is 22.5. The number of hydrogen-bond acceptors (Lipinski definition) is 8. The molecule has 15 nitrogen and oxygen atoms in total. The Balaban J connectivity index is 0.822. The minimum Gasteiger partial charge on any atom is -0.465 e.